The van der Waals surface area contributed by atoms with Crippen molar-refractivity contribution in [2.75, 3.05) is 39.3 Å². The summed E-state index contributed by atoms with van der Waals surface area (Å²) in [6, 6.07) is 20.7. The van der Waals surface area contributed by atoms with Crippen molar-refractivity contribution in [1.29, 1.82) is 0 Å². The first-order valence-corrected chi connectivity index (χ1v) is 13.5. The molecule has 7 nitrogen and oxygen atoms in total. The van der Waals surface area contributed by atoms with E-state index in [0.717, 1.165) is 70.5 Å². The monoisotopic (exact) mass is 514 g/mol. The minimum atomic E-state index is -0.548. The lowest BCUT2D eigenvalue weighted by Gasteiger charge is -2.35. The Morgan fingerprint density at radius 2 is 1.81 bits per heavy atom. The van der Waals surface area contributed by atoms with Crippen LogP contribution >= 0.6 is 11.3 Å². The molecule has 0 spiro atoms. The zero-order chi connectivity index (χ0) is 25.2. The third-order valence-corrected chi connectivity index (χ3v) is 7.89. The summed E-state index contributed by atoms with van der Waals surface area (Å²) >= 11 is 1.67. The van der Waals surface area contributed by atoms with Crippen LogP contribution in [-0.2, 0) is 6.54 Å². The Labute approximate surface area is 219 Å². The molecule has 1 N–H and O–H groups in total. The van der Waals surface area contributed by atoms with Crippen molar-refractivity contribution in [1.82, 2.24) is 19.9 Å². The predicted molar refractivity (Wildman–Crippen MR) is 147 cm³/mol. The number of hydrogen-bond donors (Lipinski definition) is 1. The molecule has 190 valence electrons. The fourth-order valence-corrected chi connectivity index (χ4v) is 5.86. The van der Waals surface area contributed by atoms with Crippen LogP contribution in [0.4, 0.5) is 0 Å². The molecule has 0 aliphatic carbocycles. The van der Waals surface area contributed by atoms with E-state index in [2.05, 4.69) is 62.4 Å². The lowest BCUT2D eigenvalue weighted by Crippen LogP contribution is -2.48. The molecular weight excluding hydrogens is 484 g/mol. The number of aliphatic hydroxyl groups excluding tert-OH is 1. The van der Waals surface area contributed by atoms with Gasteiger partial charge in [-0.3, -0.25) is 9.80 Å². The number of ether oxygens (including phenoxy) is 1. The summed E-state index contributed by atoms with van der Waals surface area (Å²) in [5.41, 5.74) is 4.12. The first-order chi connectivity index (χ1) is 18.1. The van der Waals surface area contributed by atoms with Crippen LogP contribution in [-0.4, -0.2) is 70.5 Å². The van der Waals surface area contributed by atoms with Crippen LogP contribution in [0.5, 0.6) is 5.75 Å². The number of nitrogens with zero attached hydrogens (tertiary/aromatic N) is 4. The summed E-state index contributed by atoms with van der Waals surface area (Å²) in [5.74, 6) is 0.747. The van der Waals surface area contributed by atoms with E-state index in [1.54, 1.807) is 17.6 Å². The molecule has 0 saturated carbocycles. The van der Waals surface area contributed by atoms with Crippen LogP contribution in [0.1, 0.15) is 10.7 Å². The summed E-state index contributed by atoms with van der Waals surface area (Å²) in [7, 11) is 0. The molecule has 5 aromatic rings. The molecule has 3 aromatic carbocycles. The van der Waals surface area contributed by atoms with Crippen LogP contribution in [0.15, 0.2) is 71.4 Å². The van der Waals surface area contributed by atoms with Crippen molar-refractivity contribution >= 4 is 32.3 Å². The summed E-state index contributed by atoms with van der Waals surface area (Å²) in [6.45, 7) is 7.21. The second-order valence-electron chi connectivity index (χ2n) is 9.61. The van der Waals surface area contributed by atoms with Gasteiger partial charge >= 0.3 is 0 Å². The van der Waals surface area contributed by atoms with Gasteiger partial charge in [-0.25, -0.2) is 4.98 Å². The van der Waals surface area contributed by atoms with E-state index < -0.39 is 6.10 Å². The van der Waals surface area contributed by atoms with Crippen molar-refractivity contribution in [3.05, 3.63) is 77.6 Å². The Kier molecular flexibility index (Phi) is 6.89. The van der Waals surface area contributed by atoms with Gasteiger partial charge in [-0.2, -0.15) is 0 Å². The molecule has 8 heteroatoms. The standard InChI is InChI=1S/C29H30N4O3S/c1-20-30-27-15-23(9-10-29(27)37-20)35-18-22(34)16-32-11-13-33(14-12-32)17-28-26(19-36-31-28)25-8-4-6-21-5-2-3-7-24(21)25/h2-10,15,19,22,34H,11-14,16-18H2,1H3. The molecule has 1 atom stereocenters. The Morgan fingerprint density at radius 3 is 2.70 bits per heavy atom. The number of rotatable bonds is 8. The third-order valence-electron chi connectivity index (χ3n) is 6.94. The van der Waals surface area contributed by atoms with Crippen LogP contribution in [0, 0.1) is 6.92 Å². The maximum atomic E-state index is 10.6. The molecule has 37 heavy (non-hydrogen) atoms. The fourth-order valence-electron chi connectivity index (χ4n) is 5.05. The lowest BCUT2D eigenvalue weighted by molar-refractivity contribution is 0.0443. The van der Waals surface area contributed by atoms with E-state index in [4.69, 9.17) is 9.26 Å². The van der Waals surface area contributed by atoms with E-state index in [1.807, 2.05) is 25.1 Å². The summed E-state index contributed by atoms with van der Waals surface area (Å²) < 4.78 is 12.4. The van der Waals surface area contributed by atoms with Crippen molar-refractivity contribution in [2.45, 2.75) is 19.6 Å². The van der Waals surface area contributed by atoms with Gasteiger partial charge in [-0.1, -0.05) is 47.6 Å². The molecule has 1 aliphatic rings. The highest BCUT2D eigenvalue weighted by Gasteiger charge is 2.22. The molecule has 1 saturated heterocycles. The highest BCUT2D eigenvalue weighted by Crippen LogP contribution is 2.31. The number of aromatic nitrogens is 2. The highest BCUT2D eigenvalue weighted by atomic mass is 32.1. The van der Waals surface area contributed by atoms with Crippen molar-refractivity contribution in [3.8, 4) is 16.9 Å². The number of hydrogen-bond acceptors (Lipinski definition) is 8. The van der Waals surface area contributed by atoms with Crippen LogP contribution in [0.2, 0.25) is 0 Å². The molecule has 0 amide bonds. The molecule has 6 rings (SSSR count). The zero-order valence-corrected chi connectivity index (χ0v) is 21.7. The van der Waals surface area contributed by atoms with Crippen molar-refractivity contribution < 1.29 is 14.4 Å². The number of aliphatic hydroxyl groups is 1. The first-order valence-electron chi connectivity index (χ1n) is 12.7. The number of piperazine rings is 1. The summed E-state index contributed by atoms with van der Waals surface area (Å²) in [4.78, 5) is 9.21. The zero-order valence-electron chi connectivity index (χ0n) is 20.8. The molecule has 0 bridgehead atoms. The maximum absolute atomic E-state index is 10.6. The van der Waals surface area contributed by atoms with Gasteiger partial charge in [0.25, 0.3) is 0 Å². The average molecular weight is 515 g/mol. The minimum absolute atomic E-state index is 0.266. The predicted octanol–water partition coefficient (Wildman–Crippen LogP) is 4.97. The smallest absolute Gasteiger partial charge is 0.132 e. The maximum Gasteiger partial charge on any atom is 0.132 e. The van der Waals surface area contributed by atoms with Crippen LogP contribution in [0.25, 0.3) is 32.1 Å². The van der Waals surface area contributed by atoms with E-state index in [1.165, 1.54) is 10.8 Å². The van der Waals surface area contributed by atoms with Gasteiger partial charge in [0.2, 0.25) is 0 Å². The molecule has 2 aromatic heterocycles. The van der Waals surface area contributed by atoms with E-state index >= 15 is 0 Å². The molecule has 3 heterocycles. The number of benzene rings is 3. The second-order valence-corrected chi connectivity index (χ2v) is 10.8. The summed E-state index contributed by atoms with van der Waals surface area (Å²) in [6.07, 6.45) is 1.21. The SMILES string of the molecule is Cc1nc2cc(OCC(O)CN3CCN(Cc4nocc4-c4cccc5ccccc45)CC3)ccc2s1. The molecule has 1 unspecified atom stereocenters. The van der Waals surface area contributed by atoms with E-state index in [-0.39, 0.29) is 6.61 Å². The highest BCUT2D eigenvalue weighted by molar-refractivity contribution is 7.18. The normalized spacial score (nSPS) is 15.9. The van der Waals surface area contributed by atoms with Gasteiger partial charge in [0.05, 0.1) is 15.2 Å². The molecular formula is C29H30N4O3S. The van der Waals surface area contributed by atoms with Gasteiger partial charge in [-0.15, -0.1) is 11.3 Å². The van der Waals surface area contributed by atoms with E-state index in [0.29, 0.717) is 6.54 Å². The van der Waals surface area contributed by atoms with Crippen LogP contribution < -0.4 is 4.74 Å². The number of fused-ring (bicyclic) bond motifs is 2. The molecule has 1 aliphatic heterocycles. The Hall–Kier alpha value is -3.30. The number of β-amino-alcohol motifs (C(OH)–C–C–N with tert-alkyl or cyclic N) is 1. The van der Waals surface area contributed by atoms with Gasteiger partial charge in [0.15, 0.2) is 0 Å². The number of thiazole rings is 1. The van der Waals surface area contributed by atoms with Gasteiger partial charge in [-0.05, 0) is 35.4 Å². The van der Waals surface area contributed by atoms with Gasteiger partial charge < -0.3 is 14.4 Å². The Balaban J connectivity index is 1.01. The van der Waals surface area contributed by atoms with Crippen molar-refractivity contribution in [3.63, 3.8) is 0 Å². The van der Waals surface area contributed by atoms with Gasteiger partial charge in [0, 0.05) is 50.9 Å². The fraction of sp³-hybridized carbons (Fsp3) is 0.310. The first kappa shape index (κ1) is 24.1. The quantitative estimate of drug-likeness (QED) is 0.313. The third kappa shape index (κ3) is 5.38. The minimum Gasteiger partial charge on any atom is -0.491 e. The summed E-state index contributed by atoms with van der Waals surface area (Å²) in [5, 5.41) is 18.4. The second kappa shape index (κ2) is 10.6. The largest absolute Gasteiger partial charge is 0.491 e. The lowest BCUT2D eigenvalue weighted by atomic mass is 9.98. The Bertz CT molecular complexity index is 1500. The van der Waals surface area contributed by atoms with Crippen LogP contribution in [0.3, 0.4) is 0 Å². The molecule has 0 radical (unpaired) electrons. The van der Waals surface area contributed by atoms with Gasteiger partial charge in [0.1, 0.15) is 30.4 Å². The van der Waals surface area contributed by atoms with Crippen molar-refractivity contribution in [2.24, 2.45) is 0 Å². The molecule has 1 fully saturated rings. The number of aryl methyl sites for hydroxylation is 1. The van der Waals surface area contributed by atoms with E-state index in [9.17, 15) is 5.11 Å². The topological polar surface area (TPSA) is 74.9 Å². The Morgan fingerprint density at radius 1 is 1.00 bits per heavy atom. The average Bonchev–Trinajstić information content (AvgIpc) is 3.53.